The second-order valence-electron chi connectivity index (χ2n) is 9.11. The quantitative estimate of drug-likeness (QED) is 0.242. The first kappa shape index (κ1) is 25.3. The minimum atomic E-state index is -0.299. The summed E-state index contributed by atoms with van der Waals surface area (Å²) < 4.78 is 7.19. The second kappa shape index (κ2) is 11.8. The minimum Gasteiger partial charge on any atom is -0.497 e. The molecule has 0 aliphatic heterocycles. The standard InChI is InChI=1S/C29H29N3O3S2/c1-35-22-14-11-19(12-15-22)18-36-29-32-25-16-13-21(17-26(25)37-29)31-28(34)24-10-6-5-9-23(24)27(33)30-20-7-3-2-4-8-20/h5-6,9-17,20H,2-4,7-8,18H2,1H3,(H,30,33)(H,31,34). The lowest BCUT2D eigenvalue weighted by Gasteiger charge is -2.23. The van der Waals surface area contributed by atoms with Crippen molar-refractivity contribution in [2.45, 2.75) is 48.2 Å². The van der Waals surface area contributed by atoms with Gasteiger partial charge in [0.15, 0.2) is 4.34 Å². The molecule has 2 N–H and O–H groups in total. The fraction of sp³-hybridized carbons (Fsp3) is 0.276. The highest BCUT2D eigenvalue weighted by Gasteiger charge is 2.21. The van der Waals surface area contributed by atoms with Gasteiger partial charge >= 0.3 is 0 Å². The Kier molecular flexibility index (Phi) is 8.06. The third-order valence-electron chi connectivity index (χ3n) is 6.50. The summed E-state index contributed by atoms with van der Waals surface area (Å²) in [5.74, 6) is 1.17. The molecule has 0 bridgehead atoms. The normalized spacial score (nSPS) is 13.9. The Morgan fingerprint density at radius 1 is 0.973 bits per heavy atom. The molecule has 0 radical (unpaired) electrons. The smallest absolute Gasteiger partial charge is 0.256 e. The maximum Gasteiger partial charge on any atom is 0.256 e. The van der Waals surface area contributed by atoms with E-state index in [-0.39, 0.29) is 17.9 Å². The number of fused-ring (bicyclic) bond motifs is 1. The highest BCUT2D eigenvalue weighted by Crippen LogP contribution is 2.33. The Morgan fingerprint density at radius 2 is 1.70 bits per heavy atom. The van der Waals surface area contributed by atoms with Gasteiger partial charge in [0, 0.05) is 17.5 Å². The third-order valence-corrected chi connectivity index (χ3v) is 8.74. The van der Waals surface area contributed by atoms with Crippen LogP contribution in [0.1, 0.15) is 58.4 Å². The number of thiazole rings is 1. The van der Waals surface area contributed by atoms with Crippen LogP contribution in [0.4, 0.5) is 5.69 Å². The lowest BCUT2D eigenvalue weighted by molar-refractivity contribution is 0.0917. The van der Waals surface area contributed by atoms with Crippen LogP contribution in [-0.4, -0.2) is 29.9 Å². The maximum atomic E-state index is 13.2. The lowest BCUT2D eigenvalue weighted by Crippen LogP contribution is -2.37. The van der Waals surface area contributed by atoms with Crippen LogP contribution in [0.3, 0.4) is 0 Å². The van der Waals surface area contributed by atoms with Gasteiger partial charge in [-0.3, -0.25) is 9.59 Å². The number of nitrogens with zero attached hydrogens (tertiary/aromatic N) is 1. The topological polar surface area (TPSA) is 80.3 Å². The van der Waals surface area contributed by atoms with E-state index in [1.165, 1.54) is 12.0 Å². The molecule has 0 atom stereocenters. The molecule has 3 aromatic carbocycles. The molecule has 4 aromatic rings. The number of carbonyl (C=O) groups is 2. The van der Waals surface area contributed by atoms with E-state index < -0.39 is 0 Å². The molecule has 1 aliphatic carbocycles. The molecule has 5 rings (SSSR count). The van der Waals surface area contributed by atoms with Crippen molar-refractivity contribution in [3.05, 3.63) is 83.4 Å². The van der Waals surface area contributed by atoms with Crippen molar-refractivity contribution in [1.29, 1.82) is 0 Å². The molecule has 6 nitrogen and oxygen atoms in total. The van der Waals surface area contributed by atoms with E-state index in [1.54, 1.807) is 54.5 Å². The van der Waals surface area contributed by atoms with Crippen molar-refractivity contribution in [2.24, 2.45) is 0 Å². The van der Waals surface area contributed by atoms with Crippen LogP contribution in [0.15, 0.2) is 71.1 Å². The van der Waals surface area contributed by atoms with Crippen molar-refractivity contribution in [1.82, 2.24) is 10.3 Å². The van der Waals surface area contributed by atoms with E-state index in [0.29, 0.717) is 16.8 Å². The Bertz CT molecular complexity index is 1400. The number of carbonyl (C=O) groups excluding carboxylic acids is 2. The van der Waals surface area contributed by atoms with E-state index in [9.17, 15) is 9.59 Å². The molecule has 1 aromatic heterocycles. The molecule has 8 heteroatoms. The van der Waals surface area contributed by atoms with Crippen LogP contribution in [0, 0.1) is 0 Å². The van der Waals surface area contributed by atoms with Crippen molar-refractivity contribution in [2.75, 3.05) is 12.4 Å². The van der Waals surface area contributed by atoms with Crippen LogP contribution in [0.2, 0.25) is 0 Å². The number of methoxy groups -OCH3 is 1. The van der Waals surface area contributed by atoms with Gasteiger partial charge in [-0.15, -0.1) is 11.3 Å². The zero-order valence-electron chi connectivity index (χ0n) is 20.7. The van der Waals surface area contributed by atoms with Gasteiger partial charge in [-0.2, -0.15) is 0 Å². The Hall–Kier alpha value is -3.36. The molecule has 1 saturated carbocycles. The first-order valence-electron chi connectivity index (χ1n) is 12.5. The van der Waals surface area contributed by atoms with E-state index in [2.05, 4.69) is 22.8 Å². The van der Waals surface area contributed by atoms with E-state index in [0.717, 1.165) is 51.7 Å². The summed E-state index contributed by atoms with van der Waals surface area (Å²) in [6.07, 6.45) is 5.48. The predicted molar refractivity (Wildman–Crippen MR) is 151 cm³/mol. The molecule has 0 unspecified atom stereocenters. The van der Waals surface area contributed by atoms with Gasteiger partial charge in [0.05, 0.1) is 28.5 Å². The van der Waals surface area contributed by atoms with Crippen molar-refractivity contribution < 1.29 is 14.3 Å². The number of nitrogens with one attached hydrogen (secondary N) is 2. The average molecular weight is 532 g/mol. The molecule has 37 heavy (non-hydrogen) atoms. The predicted octanol–water partition coefficient (Wildman–Crippen LogP) is 6.91. The van der Waals surface area contributed by atoms with Gasteiger partial charge in [-0.05, 0) is 60.9 Å². The van der Waals surface area contributed by atoms with Crippen molar-refractivity contribution in [3.63, 3.8) is 0 Å². The average Bonchev–Trinajstić information content (AvgIpc) is 3.35. The van der Waals surface area contributed by atoms with Crippen LogP contribution >= 0.6 is 23.1 Å². The Morgan fingerprint density at radius 3 is 2.43 bits per heavy atom. The van der Waals surface area contributed by atoms with E-state index in [1.807, 2.05) is 30.3 Å². The van der Waals surface area contributed by atoms with Gasteiger partial charge in [-0.25, -0.2) is 4.98 Å². The van der Waals surface area contributed by atoms with Crippen LogP contribution in [0.25, 0.3) is 10.2 Å². The van der Waals surface area contributed by atoms with Crippen LogP contribution in [-0.2, 0) is 5.75 Å². The van der Waals surface area contributed by atoms with Gasteiger partial charge in [0.2, 0.25) is 0 Å². The summed E-state index contributed by atoms with van der Waals surface area (Å²) in [7, 11) is 1.66. The summed E-state index contributed by atoms with van der Waals surface area (Å²) in [5.41, 5.74) is 3.55. The van der Waals surface area contributed by atoms with Gasteiger partial charge < -0.3 is 15.4 Å². The van der Waals surface area contributed by atoms with Crippen LogP contribution in [0.5, 0.6) is 5.75 Å². The number of anilines is 1. The Labute approximate surface area is 224 Å². The number of benzene rings is 3. The zero-order chi connectivity index (χ0) is 25.6. The van der Waals surface area contributed by atoms with Gasteiger partial charge in [-0.1, -0.05) is 55.3 Å². The molecule has 1 fully saturated rings. The molecule has 0 spiro atoms. The second-order valence-corrected chi connectivity index (χ2v) is 11.4. The highest BCUT2D eigenvalue weighted by atomic mass is 32.2. The number of amides is 2. The van der Waals surface area contributed by atoms with Gasteiger partial charge in [0.25, 0.3) is 11.8 Å². The summed E-state index contributed by atoms with van der Waals surface area (Å²) in [6.45, 7) is 0. The fourth-order valence-corrected chi connectivity index (χ4v) is 6.56. The molecular weight excluding hydrogens is 502 g/mol. The molecule has 0 saturated heterocycles. The first-order chi connectivity index (χ1) is 18.1. The zero-order valence-corrected chi connectivity index (χ0v) is 22.3. The fourth-order valence-electron chi connectivity index (χ4n) is 4.50. The maximum absolute atomic E-state index is 13.2. The number of hydrogen-bond acceptors (Lipinski definition) is 6. The van der Waals surface area contributed by atoms with Crippen LogP contribution < -0.4 is 15.4 Å². The number of aromatic nitrogens is 1. The number of ether oxygens (including phenoxy) is 1. The summed E-state index contributed by atoms with van der Waals surface area (Å²) >= 11 is 3.28. The molecule has 190 valence electrons. The summed E-state index contributed by atoms with van der Waals surface area (Å²) in [4.78, 5) is 30.8. The van der Waals surface area contributed by atoms with Crippen molar-refractivity contribution in [3.8, 4) is 5.75 Å². The van der Waals surface area contributed by atoms with Crippen molar-refractivity contribution >= 4 is 50.8 Å². The summed E-state index contributed by atoms with van der Waals surface area (Å²) in [6, 6.07) is 20.9. The summed E-state index contributed by atoms with van der Waals surface area (Å²) in [5, 5.41) is 6.09. The molecule has 1 aliphatic rings. The Balaban J connectivity index is 1.25. The first-order valence-corrected chi connectivity index (χ1v) is 14.3. The monoisotopic (exact) mass is 531 g/mol. The van der Waals surface area contributed by atoms with E-state index >= 15 is 0 Å². The lowest BCUT2D eigenvalue weighted by atomic mass is 9.95. The van der Waals surface area contributed by atoms with E-state index in [4.69, 9.17) is 9.72 Å². The largest absolute Gasteiger partial charge is 0.497 e. The molecule has 2 amide bonds. The molecular formula is C29H29N3O3S2. The minimum absolute atomic E-state index is 0.183. The number of rotatable bonds is 8. The van der Waals surface area contributed by atoms with Gasteiger partial charge in [0.1, 0.15) is 5.75 Å². The third kappa shape index (κ3) is 6.32. The highest BCUT2D eigenvalue weighted by molar-refractivity contribution is 8.00. The molecule has 1 heterocycles. The SMILES string of the molecule is COc1ccc(CSc2nc3ccc(NC(=O)c4ccccc4C(=O)NC4CCCCC4)cc3s2)cc1. The number of thioether (sulfide) groups is 1. The number of hydrogen-bond donors (Lipinski definition) is 2.